The first-order valence-electron chi connectivity index (χ1n) is 11.1. The van der Waals surface area contributed by atoms with Crippen molar-refractivity contribution in [2.75, 3.05) is 0 Å². The molecule has 0 saturated carbocycles. The van der Waals surface area contributed by atoms with E-state index in [1.54, 1.807) is 0 Å². The van der Waals surface area contributed by atoms with Gasteiger partial charge in [-0.15, -0.1) is 0 Å². The number of benzene rings is 1. The second-order valence-electron chi connectivity index (χ2n) is 8.27. The summed E-state index contributed by atoms with van der Waals surface area (Å²) in [6.07, 6.45) is -3.04. The number of carboxylic acids is 2. The van der Waals surface area contributed by atoms with Gasteiger partial charge < -0.3 is 47.8 Å². The molecule has 37 heavy (non-hydrogen) atoms. The minimum absolute atomic E-state index is 0.0613. The summed E-state index contributed by atoms with van der Waals surface area (Å²) in [5, 5.41) is 43.6. The van der Waals surface area contributed by atoms with Gasteiger partial charge in [-0.25, -0.2) is 4.79 Å². The first-order chi connectivity index (χ1) is 17.2. The predicted molar refractivity (Wildman–Crippen MR) is 126 cm³/mol. The second kappa shape index (κ2) is 14.4. The fraction of sp³-hybridized carbons (Fsp3) is 0.455. The first-order valence-corrected chi connectivity index (χ1v) is 11.1. The molecule has 0 aliphatic carbocycles. The molecule has 5 unspecified atom stereocenters. The van der Waals surface area contributed by atoms with E-state index in [0.717, 1.165) is 6.92 Å². The van der Waals surface area contributed by atoms with Gasteiger partial charge in [0.15, 0.2) is 6.04 Å². The number of phenols is 1. The lowest BCUT2D eigenvalue weighted by Crippen LogP contribution is -2.59. The van der Waals surface area contributed by atoms with Crippen LogP contribution in [-0.2, 0) is 35.2 Å². The number of rotatable bonds is 15. The van der Waals surface area contributed by atoms with Crippen molar-refractivity contribution in [3.63, 3.8) is 0 Å². The van der Waals surface area contributed by atoms with E-state index in [-0.39, 0.29) is 18.6 Å². The van der Waals surface area contributed by atoms with Crippen LogP contribution in [0.3, 0.4) is 0 Å². The lowest BCUT2D eigenvalue weighted by molar-refractivity contribution is -0.145. The van der Waals surface area contributed by atoms with Crippen LogP contribution >= 0.6 is 0 Å². The molecule has 204 valence electrons. The van der Waals surface area contributed by atoms with Crippen LogP contribution in [0, 0.1) is 0 Å². The van der Waals surface area contributed by atoms with Crippen molar-refractivity contribution in [2.24, 2.45) is 11.5 Å². The minimum Gasteiger partial charge on any atom is -0.508 e. The molecule has 0 bridgehead atoms. The van der Waals surface area contributed by atoms with Crippen molar-refractivity contribution < 1.29 is 49.2 Å². The maximum absolute atomic E-state index is 13.1. The number of carbonyl (C=O) groups excluding carboxylic acids is 4. The minimum atomic E-state index is -1.75. The Morgan fingerprint density at radius 2 is 1.43 bits per heavy atom. The van der Waals surface area contributed by atoms with Gasteiger partial charge in [-0.1, -0.05) is 12.1 Å². The topological polar surface area (TPSA) is 271 Å². The number of hydrogen-bond donors (Lipinski definition) is 9. The molecule has 1 aromatic carbocycles. The zero-order chi connectivity index (χ0) is 28.3. The van der Waals surface area contributed by atoms with Crippen molar-refractivity contribution in [1.29, 1.82) is 0 Å². The van der Waals surface area contributed by atoms with Gasteiger partial charge in [0.2, 0.25) is 23.6 Å². The molecular formula is C22H31N5O10. The van der Waals surface area contributed by atoms with Crippen molar-refractivity contribution in [3.05, 3.63) is 29.8 Å². The molecule has 1 rings (SSSR count). The number of carbonyl (C=O) groups is 6. The molecule has 0 radical (unpaired) electrons. The number of aromatic hydroxyl groups is 1. The summed E-state index contributed by atoms with van der Waals surface area (Å²) in [7, 11) is 0. The van der Waals surface area contributed by atoms with Gasteiger partial charge in [-0.05, 0) is 31.0 Å². The van der Waals surface area contributed by atoms with E-state index in [0.29, 0.717) is 5.56 Å². The first kappa shape index (κ1) is 30.8. The SMILES string of the molecule is CC(O)C(NC(=O)C(CC(N)=O)NC(=O)C(Cc1ccc(O)cc1)NC(=O)C(N)CCC(=O)O)C(=O)O. The lowest BCUT2D eigenvalue weighted by atomic mass is 10.0. The van der Waals surface area contributed by atoms with Crippen molar-refractivity contribution in [1.82, 2.24) is 16.0 Å². The van der Waals surface area contributed by atoms with Crippen LogP contribution in [0.2, 0.25) is 0 Å². The maximum Gasteiger partial charge on any atom is 0.328 e. The average molecular weight is 526 g/mol. The predicted octanol–water partition coefficient (Wildman–Crippen LogP) is -3.08. The molecule has 0 heterocycles. The Hall–Kier alpha value is -4.24. The summed E-state index contributed by atoms with van der Waals surface area (Å²) in [5.41, 5.74) is 11.3. The number of nitrogens with two attached hydrogens (primary N) is 2. The van der Waals surface area contributed by atoms with Crippen LogP contribution in [-0.4, -0.2) is 86.3 Å². The van der Waals surface area contributed by atoms with Crippen LogP contribution in [0.15, 0.2) is 24.3 Å². The van der Waals surface area contributed by atoms with E-state index in [1.165, 1.54) is 24.3 Å². The van der Waals surface area contributed by atoms with E-state index in [9.17, 15) is 44.1 Å². The van der Waals surface area contributed by atoms with E-state index in [2.05, 4.69) is 10.6 Å². The number of amides is 4. The number of aliphatic carboxylic acids is 2. The van der Waals surface area contributed by atoms with Crippen LogP contribution in [0.5, 0.6) is 5.75 Å². The maximum atomic E-state index is 13.1. The molecule has 0 spiro atoms. The smallest absolute Gasteiger partial charge is 0.328 e. The highest BCUT2D eigenvalue weighted by molar-refractivity contribution is 5.96. The van der Waals surface area contributed by atoms with Gasteiger partial charge in [0.25, 0.3) is 0 Å². The van der Waals surface area contributed by atoms with Crippen molar-refractivity contribution in [2.45, 2.75) is 62.9 Å². The third kappa shape index (κ3) is 10.9. The normalized spacial score (nSPS) is 14.8. The van der Waals surface area contributed by atoms with Crippen LogP contribution in [0.25, 0.3) is 0 Å². The standard InChI is InChI=1S/C22H31N5O10/c1-10(28)18(22(36)37)27-21(35)15(9-16(24)30)26-20(34)14(8-11-2-4-12(29)5-3-11)25-19(33)13(23)6-7-17(31)32/h2-5,10,13-15,18,28-29H,6-9,23H2,1H3,(H2,24,30)(H,25,33)(H,26,34)(H,27,35)(H,31,32)(H,36,37). The van der Waals surface area contributed by atoms with Crippen molar-refractivity contribution >= 4 is 35.6 Å². The molecule has 11 N–H and O–H groups in total. The highest BCUT2D eigenvalue weighted by Crippen LogP contribution is 2.12. The molecule has 0 aliphatic rings. The average Bonchev–Trinajstić information content (AvgIpc) is 2.80. The van der Waals surface area contributed by atoms with Crippen LogP contribution in [0.4, 0.5) is 0 Å². The summed E-state index contributed by atoms with van der Waals surface area (Å²) in [4.78, 5) is 71.8. The zero-order valence-electron chi connectivity index (χ0n) is 19.9. The number of aliphatic hydroxyl groups excluding tert-OH is 1. The van der Waals surface area contributed by atoms with Gasteiger partial charge in [0, 0.05) is 12.8 Å². The van der Waals surface area contributed by atoms with Gasteiger partial charge in [-0.3, -0.25) is 24.0 Å². The Bertz CT molecular complexity index is 998. The van der Waals surface area contributed by atoms with E-state index < -0.39 is 78.7 Å². The highest BCUT2D eigenvalue weighted by Gasteiger charge is 2.32. The van der Waals surface area contributed by atoms with E-state index >= 15 is 0 Å². The molecular weight excluding hydrogens is 494 g/mol. The second-order valence-corrected chi connectivity index (χ2v) is 8.27. The fourth-order valence-electron chi connectivity index (χ4n) is 3.09. The largest absolute Gasteiger partial charge is 0.508 e. The van der Waals surface area contributed by atoms with Crippen LogP contribution < -0.4 is 27.4 Å². The monoisotopic (exact) mass is 525 g/mol. The van der Waals surface area contributed by atoms with Gasteiger partial charge in [0.05, 0.1) is 18.6 Å². The quantitative estimate of drug-likeness (QED) is 0.111. The summed E-state index contributed by atoms with van der Waals surface area (Å²) < 4.78 is 0. The Labute approximate surface area is 211 Å². The molecule has 0 fully saturated rings. The molecule has 0 aliphatic heterocycles. The summed E-state index contributed by atoms with van der Waals surface area (Å²) in [6, 6.07) is -0.502. The molecule has 4 amide bonds. The number of aliphatic hydroxyl groups is 1. The summed E-state index contributed by atoms with van der Waals surface area (Å²) in [5.74, 6) is -6.80. The third-order valence-electron chi connectivity index (χ3n) is 5.10. The highest BCUT2D eigenvalue weighted by atomic mass is 16.4. The van der Waals surface area contributed by atoms with Crippen molar-refractivity contribution in [3.8, 4) is 5.75 Å². The number of hydrogen-bond acceptors (Lipinski definition) is 9. The van der Waals surface area contributed by atoms with Gasteiger partial charge in [-0.2, -0.15) is 0 Å². The zero-order valence-corrected chi connectivity index (χ0v) is 19.9. The third-order valence-corrected chi connectivity index (χ3v) is 5.10. The molecule has 0 aromatic heterocycles. The lowest BCUT2D eigenvalue weighted by Gasteiger charge is -2.25. The number of nitrogens with one attached hydrogen (secondary N) is 3. The molecule has 5 atom stereocenters. The van der Waals surface area contributed by atoms with Crippen LogP contribution in [0.1, 0.15) is 31.7 Å². The van der Waals surface area contributed by atoms with Gasteiger partial charge in [0.1, 0.15) is 17.8 Å². The molecule has 1 aromatic rings. The Kier molecular flexibility index (Phi) is 11.9. The summed E-state index contributed by atoms with van der Waals surface area (Å²) in [6.45, 7) is 1.11. The molecule has 0 saturated heterocycles. The number of phenolic OH excluding ortho intramolecular Hbond substituents is 1. The fourth-order valence-corrected chi connectivity index (χ4v) is 3.09. The van der Waals surface area contributed by atoms with E-state index in [1.807, 2.05) is 5.32 Å². The number of carboxylic acid groups (broad SMARTS) is 2. The Morgan fingerprint density at radius 3 is 1.92 bits per heavy atom. The summed E-state index contributed by atoms with van der Waals surface area (Å²) >= 11 is 0. The molecule has 15 heteroatoms. The Morgan fingerprint density at radius 1 is 0.892 bits per heavy atom. The number of primary amides is 1. The molecule has 15 nitrogen and oxygen atoms in total. The van der Waals surface area contributed by atoms with E-state index in [4.69, 9.17) is 16.6 Å². The Balaban J connectivity index is 3.14. The van der Waals surface area contributed by atoms with Gasteiger partial charge >= 0.3 is 11.9 Å².